The van der Waals surface area contributed by atoms with Gasteiger partial charge in [0.05, 0.1) is 17.4 Å². The van der Waals surface area contributed by atoms with Gasteiger partial charge in [-0.2, -0.15) is 0 Å². The molecule has 0 bridgehead atoms. The molecule has 0 aliphatic carbocycles. The van der Waals surface area contributed by atoms with Crippen LogP contribution in [0.2, 0.25) is 5.02 Å². The third-order valence-electron chi connectivity index (χ3n) is 4.42. The maximum absolute atomic E-state index is 13.2. The fourth-order valence-corrected chi connectivity index (χ4v) is 3.29. The SMILES string of the molecule is O=C(c1cnc(Nc2ccc(F)c(Cl)c2)cn1)N1CCCc2ccccc21. The molecule has 1 amide bonds. The molecule has 1 aromatic heterocycles. The molecular weight excluding hydrogens is 367 g/mol. The second kappa shape index (κ2) is 7.32. The summed E-state index contributed by atoms with van der Waals surface area (Å²) >= 11 is 5.77. The van der Waals surface area contributed by atoms with Crippen LogP contribution >= 0.6 is 11.6 Å². The maximum atomic E-state index is 13.2. The average molecular weight is 383 g/mol. The summed E-state index contributed by atoms with van der Waals surface area (Å²) in [7, 11) is 0. The van der Waals surface area contributed by atoms with Crippen molar-refractivity contribution >= 4 is 34.7 Å². The molecule has 27 heavy (non-hydrogen) atoms. The standard InChI is InChI=1S/C20H16ClFN4O/c21-15-10-14(7-8-16(15)22)25-19-12-23-17(11-24-19)20(27)26-9-3-5-13-4-1-2-6-18(13)26/h1-2,4,6-8,10-12H,3,5,9H2,(H,24,25). The first-order chi connectivity index (χ1) is 13.1. The van der Waals surface area contributed by atoms with Crippen LogP contribution in [0.4, 0.5) is 21.6 Å². The van der Waals surface area contributed by atoms with Gasteiger partial charge in [0.15, 0.2) is 0 Å². The van der Waals surface area contributed by atoms with E-state index >= 15 is 0 Å². The quantitative estimate of drug-likeness (QED) is 0.718. The van der Waals surface area contributed by atoms with Crippen LogP contribution in [0.5, 0.6) is 0 Å². The van der Waals surface area contributed by atoms with Crippen LogP contribution in [0, 0.1) is 5.82 Å². The zero-order valence-corrected chi connectivity index (χ0v) is 15.1. The molecule has 0 spiro atoms. The summed E-state index contributed by atoms with van der Waals surface area (Å²) in [5, 5.41) is 3.00. The molecule has 7 heteroatoms. The molecule has 2 aromatic carbocycles. The van der Waals surface area contributed by atoms with Gasteiger partial charge in [-0.3, -0.25) is 4.79 Å². The van der Waals surface area contributed by atoms with Crippen LogP contribution in [0.3, 0.4) is 0 Å². The lowest BCUT2D eigenvalue weighted by Crippen LogP contribution is -2.36. The van der Waals surface area contributed by atoms with E-state index < -0.39 is 5.82 Å². The number of para-hydroxylation sites is 1. The first kappa shape index (κ1) is 17.4. The van der Waals surface area contributed by atoms with Crippen molar-refractivity contribution in [1.29, 1.82) is 0 Å². The van der Waals surface area contributed by atoms with Gasteiger partial charge in [0.25, 0.3) is 5.91 Å². The number of amides is 1. The number of halogens is 2. The lowest BCUT2D eigenvalue weighted by Gasteiger charge is -2.29. The summed E-state index contributed by atoms with van der Waals surface area (Å²) in [6.07, 6.45) is 4.79. The van der Waals surface area contributed by atoms with Gasteiger partial charge in [0.1, 0.15) is 17.3 Å². The first-order valence-electron chi connectivity index (χ1n) is 8.56. The Kier molecular flexibility index (Phi) is 4.73. The van der Waals surface area contributed by atoms with E-state index in [0.717, 1.165) is 24.1 Å². The van der Waals surface area contributed by atoms with E-state index in [1.165, 1.54) is 24.5 Å². The fraction of sp³-hybridized carbons (Fsp3) is 0.150. The number of carbonyl (C=O) groups is 1. The van der Waals surface area contributed by atoms with E-state index in [0.29, 0.717) is 18.1 Å². The summed E-state index contributed by atoms with van der Waals surface area (Å²) in [6.45, 7) is 0.658. The van der Waals surface area contributed by atoms with Crippen molar-refractivity contribution in [2.45, 2.75) is 12.8 Å². The Bertz CT molecular complexity index is 994. The smallest absolute Gasteiger partial charge is 0.278 e. The largest absolute Gasteiger partial charge is 0.339 e. The second-order valence-corrected chi connectivity index (χ2v) is 6.64. The Morgan fingerprint density at radius 2 is 2.00 bits per heavy atom. The monoisotopic (exact) mass is 382 g/mol. The van der Waals surface area contributed by atoms with Crippen LogP contribution in [0.25, 0.3) is 0 Å². The lowest BCUT2D eigenvalue weighted by atomic mass is 10.0. The Balaban J connectivity index is 1.52. The van der Waals surface area contributed by atoms with Gasteiger partial charge < -0.3 is 10.2 Å². The van der Waals surface area contributed by atoms with E-state index in [1.54, 1.807) is 11.0 Å². The normalized spacial score (nSPS) is 13.2. The minimum Gasteiger partial charge on any atom is -0.339 e. The third-order valence-corrected chi connectivity index (χ3v) is 4.71. The fourth-order valence-electron chi connectivity index (χ4n) is 3.11. The Morgan fingerprint density at radius 3 is 2.78 bits per heavy atom. The van der Waals surface area contributed by atoms with Gasteiger partial charge in [0, 0.05) is 17.9 Å². The Morgan fingerprint density at radius 1 is 1.15 bits per heavy atom. The number of hydrogen-bond donors (Lipinski definition) is 1. The predicted molar refractivity (Wildman–Crippen MR) is 103 cm³/mol. The summed E-state index contributed by atoms with van der Waals surface area (Å²) in [6, 6.07) is 12.2. The number of rotatable bonds is 3. The number of anilines is 3. The molecule has 2 heterocycles. The number of nitrogens with one attached hydrogen (secondary N) is 1. The van der Waals surface area contributed by atoms with Crippen LogP contribution < -0.4 is 10.2 Å². The molecule has 0 atom stereocenters. The van der Waals surface area contributed by atoms with Crippen LogP contribution in [-0.2, 0) is 6.42 Å². The van der Waals surface area contributed by atoms with Crippen molar-refractivity contribution in [3.8, 4) is 0 Å². The van der Waals surface area contributed by atoms with Crippen molar-refractivity contribution in [3.63, 3.8) is 0 Å². The van der Waals surface area contributed by atoms with Crippen molar-refractivity contribution in [2.75, 3.05) is 16.8 Å². The maximum Gasteiger partial charge on any atom is 0.278 e. The number of nitrogens with zero attached hydrogens (tertiary/aromatic N) is 3. The zero-order chi connectivity index (χ0) is 18.8. The molecule has 0 unspecified atom stereocenters. The molecule has 3 aromatic rings. The molecule has 0 saturated heterocycles. The molecule has 0 saturated carbocycles. The predicted octanol–water partition coefficient (Wildman–Crippen LogP) is 4.61. The Labute approximate surface area is 160 Å². The van der Waals surface area contributed by atoms with Crippen molar-refractivity contribution in [3.05, 3.63) is 77.0 Å². The molecule has 4 rings (SSSR count). The molecule has 0 radical (unpaired) electrons. The molecule has 1 aliphatic rings. The van der Waals surface area contributed by atoms with Crippen molar-refractivity contribution in [2.24, 2.45) is 0 Å². The summed E-state index contributed by atoms with van der Waals surface area (Å²) < 4.78 is 13.2. The van der Waals surface area contributed by atoms with E-state index in [2.05, 4.69) is 15.3 Å². The van der Waals surface area contributed by atoms with Crippen LogP contribution in [-0.4, -0.2) is 22.4 Å². The molecule has 1 N–H and O–H groups in total. The second-order valence-electron chi connectivity index (χ2n) is 6.23. The number of aryl methyl sites for hydroxylation is 1. The van der Waals surface area contributed by atoms with Gasteiger partial charge in [-0.1, -0.05) is 29.8 Å². The molecule has 136 valence electrons. The van der Waals surface area contributed by atoms with Crippen LogP contribution in [0.15, 0.2) is 54.9 Å². The minimum atomic E-state index is -0.490. The third kappa shape index (κ3) is 3.61. The van der Waals surface area contributed by atoms with Gasteiger partial charge >= 0.3 is 0 Å². The number of aromatic nitrogens is 2. The Hall–Kier alpha value is -2.99. The highest BCUT2D eigenvalue weighted by molar-refractivity contribution is 6.31. The van der Waals surface area contributed by atoms with Crippen molar-refractivity contribution in [1.82, 2.24) is 9.97 Å². The number of benzene rings is 2. The number of carbonyl (C=O) groups excluding carboxylic acids is 1. The molecule has 5 nitrogen and oxygen atoms in total. The lowest BCUT2D eigenvalue weighted by molar-refractivity contribution is 0.0980. The minimum absolute atomic E-state index is 0.0171. The summed E-state index contributed by atoms with van der Waals surface area (Å²) in [5.74, 6) is -0.227. The van der Waals surface area contributed by atoms with Crippen molar-refractivity contribution < 1.29 is 9.18 Å². The van der Waals surface area contributed by atoms with E-state index in [1.807, 2.05) is 24.3 Å². The number of fused-ring (bicyclic) bond motifs is 1. The molecule has 0 fully saturated rings. The van der Waals surface area contributed by atoms with E-state index in [9.17, 15) is 9.18 Å². The topological polar surface area (TPSA) is 58.1 Å². The summed E-state index contributed by atoms with van der Waals surface area (Å²) in [4.78, 5) is 23.1. The molecular formula is C20H16ClFN4O. The summed E-state index contributed by atoms with van der Waals surface area (Å²) in [5.41, 5.74) is 2.95. The van der Waals surface area contributed by atoms with Gasteiger partial charge in [-0.15, -0.1) is 0 Å². The highest BCUT2D eigenvalue weighted by Gasteiger charge is 2.24. The zero-order valence-electron chi connectivity index (χ0n) is 14.3. The highest BCUT2D eigenvalue weighted by atomic mass is 35.5. The highest BCUT2D eigenvalue weighted by Crippen LogP contribution is 2.28. The van der Waals surface area contributed by atoms with Crippen LogP contribution in [0.1, 0.15) is 22.5 Å². The van der Waals surface area contributed by atoms with E-state index in [4.69, 9.17) is 11.6 Å². The van der Waals surface area contributed by atoms with Gasteiger partial charge in [0.2, 0.25) is 0 Å². The van der Waals surface area contributed by atoms with Gasteiger partial charge in [-0.05, 0) is 42.7 Å². The first-order valence-corrected chi connectivity index (χ1v) is 8.93. The number of hydrogen-bond acceptors (Lipinski definition) is 4. The van der Waals surface area contributed by atoms with E-state index in [-0.39, 0.29) is 16.6 Å². The average Bonchev–Trinajstić information content (AvgIpc) is 2.70. The van der Waals surface area contributed by atoms with Gasteiger partial charge in [-0.25, -0.2) is 14.4 Å². The molecule has 1 aliphatic heterocycles.